The van der Waals surface area contributed by atoms with Crippen molar-refractivity contribution < 1.29 is 0 Å². The highest BCUT2D eigenvalue weighted by Gasteiger charge is 2.18. The maximum atomic E-state index is 12.6. The molecule has 2 aromatic heterocycles. The van der Waals surface area contributed by atoms with Crippen molar-refractivity contribution in [3.63, 3.8) is 0 Å². The minimum absolute atomic E-state index is 0.0326. The lowest BCUT2D eigenvalue weighted by Gasteiger charge is -2.36. The summed E-state index contributed by atoms with van der Waals surface area (Å²) in [6.07, 6.45) is 5.65. The lowest BCUT2D eigenvalue weighted by Crippen LogP contribution is -2.47. The van der Waals surface area contributed by atoms with Gasteiger partial charge < -0.3 is 4.90 Å². The van der Waals surface area contributed by atoms with Crippen LogP contribution in [-0.4, -0.2) is 57.0 Å². The summed E-state index contributed by atoms with van der Waals surface area (Å²) in [5, 5.41) is 5.05. The molecular weight excluding hydrogens is 352 g/mol. The van der Waals surface area contributed by atoms with Crippen LogP contribution in [0.15, 0.2) is 41.7 Å². The first-order chi connectivity index (χ1) is 13.5. The van der Waals surface area contributed by atoms with Gasteiger partial charge in [0.15, 0.2) is 0 Å². The van der Waals surface area contributed by atoms with E-state index in [1.807, 2.05) is 36.9 Å². The molecule has 0 aliphatic carbocycles. The molecule has 3 aromatic rings. The molecule has 1 aliphatic rings. The van der Waals surface area contributed by atoms with Gasteiger partial charge in [-0.2, -0.15) is 5.10 Å². The van der Waals surface area contributed by atoms with Crippen LogP contribution in [-0.2, 0) is 6.54 Å². The average molecular weight is 380 g/mol. The number of fused-ring (bicyclic) bond motifs is 1. The Hall–Kier alpha value is -2.67. The largest absolute Gasteiger partial charge is 0.369 e. The molecule has 0 radical (unpaired) electrons. The fourth-order valence-electron chi connectivity index (χ4n) is 3.75. The number of hydrogen-bond donors (Lipinski definition) is 0. The first kappa shape index (κ1) is 18.7. The molecule has 0 atom stereocenters. The molecule has 0 spiro atoms. The second-order valence-electron chi connectivity index (χ2n) is 7.86. The van der Waals surface area contributed by atoms with Crippen molar-refractivity contribution >= 4 is 16.6 Å². The first-order valence-corrected chi connectivity index (χ1v) is 9.98. The van der Waals surface area contributed by atoms with Crippen LogP contribution < -0.4 is 10.5 Å². The maximum Gasteiger partial charge on any atom is 0.261 e. The van der Waals surface area contributed by atoms with Crippen molar-refractivity contribution in [1.29, 1.82) is 0 Å². The van der Waals surface area contributed by atoms with Crippen LogP contribution in [0, 0.1) is 6.92 Å². The summed E-state index contributed by atoms with van der Waals surface area (Å²) in [7, 11) is 0. The van der Waals surface area contributed by atoms with Crippen molar-refractivity contribution in [2.24, 2.45) is 0 Å². The Balaban J connectivity index is 1.40. The smallest absolute Gasteiger partial charge is 0.261 e. The standard InChI is InChI=1S/C21H28N6O/c1-16(2)27-15-22-20-12-18(4-5-19(20)21(27)28)25-9-6-24(7-10-25)8-11-26-14-17(3)13-23-26/h4-5,12-16H,6-11H2,1-3H3. The Morgan fingerprint density at radius 2 is 1.89 bits per heavy atom. The third-order valence-corrected chi connectivity index (χ3v) is 5.47. The fraction of sp³-hybridized carbons (Fsp3) is 0.476. The highest BCUT2D eigenvalue weighted by molar-refractivity contribution is 5.81. The van der Waals surface area contributed by atoms with Crippen molar-refractivity contribution in [1.82, 2.24) is 24.2 Å². The van der Waals surface area contributed by atoms with Crippen LogP contribution in [0.25, 0.3) is 10.9 Å². The molecule has 1 aromatic carbocycles. The van der Waals surface area contributed by atoms with Crippen LogP contribution in [0.1, 0.15) is 25.5 Å². The third-order valence-electron chi connectivity index (χ3n) is 5.47. The zero-order chi connectivity index (χ0) is 19.7. The van der Waals surface area contributed by atoms with E-state index in [0.29, 0.717) is 5.39 Å². The molecule has 28 heavy (non-hydrogen) atoms. The quantitative estimate of drug-likeness (QED) is 0.680. The summed E-state index contributed by atoms with van der Waals surface area (Å²) in [5.74, 6) is 0. The van der Waals surface area contributed by atoms with Gasteiger partial charge in [0.25, 0.3) is 5.56 Å². The summed E-state index contributed by atoms with van der Waals surface area (Å²) in [6, 6.07) is 6.13. The average Bonchev–Trinajstić information content (AvgIpc) is 3.12. The second-order valence-corrected chi connectivity index (χ2v) is 7.86. The second kappa shape index (κ2) is 7.75. The van der Waals surface area contributed by atoms with Crippen molar-refractivity contribution in [3.05, 3.63) is 52.8 Å². The van der Waals surface area contributed by atoms with Gasteiger partial charge in [0, 0.05) is 50.6 Å². The summed E-state index contributed by atoms with van der Waals surface area (Å²) >= 11 is 0. The lowest BCUT2D eigenvalue weighted by atomic mass is 10.2. The molecule has 1 fully saturated rings. The molecule has 4 rings (SSSR count). The minimum Gasteiger partial charge on any atom is -0.369 e. The molecule has 0 N–H and O–H groups in total. The number of hydrogen-bond acceptors (Lipinski definition) is 5. The Labute approximate surface area is 165 Å². The highest BCUT2D eigenvalue weighted by Crippen LogP contribution is 2.21. The molecule has 0 unspecified atom stereocenters. The van der Waals surface area contributed by atoms with E-state index in [-0.39, 0.29) is 11.6 Å². The molecule has 148 valence electrons. The van der Waals surface area contributed by atoms with Crippen LogP contribution in [0.5, 0.6) is 0 Å². The zero-order valence-corrected chi connectivity index (χ0v) is 16.9. The molecule has 7 heteroatoms. The summed E-state index contributed by atoms with van der Waals surface area (Å²) in [6.45, 7) is 12.0. The molecule has 1 aliphatic heterocycles. The van der Waals surface area contributed by atoms with E-state index >= 15 is 0 Å². The summed E-state index contributed by atoms with van der Waals surface area (Å²) < 4.78 is 3.70. The fourth-order valence-corrected chi connectivity index (χ4v) is 3.75. The Bertz CT molecular complexity index is 1010. The lowest BCUT2D eigenvalue weighted by molar-refractivity contribution is 0.244. The number of aryl methyl sites for hydroxylation is 1. The van der Waals surface area contributed by atoms with Crippen molar-refractivity contribution in [2.75, 3.05) is 37.6 Å². The van der Waals surface area contributed by atoms with Gasteiger partial charge in [-0.1, -0.05) is 0 Å². The van der Waals surface area contributed by atoms with E-state index in [2.05, 4.69) is 39.1 Å². The number of rotatable bonds is 5. The Kier molecular flexibility index (Phi) is 5.17. The number of aromatic nitrogens is 4. The molecule has 0 amide bonds. The number of nitrogens with zero attached hydrogens (tertiary/aromatic N) is 6. The van der Waals surface area contributed by atoms with Crippen LogP contribution in [0.3, 0.4) is 0 Å². The Morgan fingerprint density at radius 1 is 1.11 bits per heavy atom. The maximum absolute atomic E-state index is 12.6. The van der Waals surface area contributed by atoms with Gasteiger partial charge in [-0.3, -0.25) is 18.9 Å². The molecular formula is C21H28N6O. The van der Waals surface area contributed by atoms with Crippen molar-refractivity contribution in [2.45, 2.75) is 33.4 Å². The van der Waals surface area contributed by atoms with E-state index < -0.39 is 0 Å². The highest BCUT2D eigenvalue weighted by atomic mass is 16.1. The van der Waals surface area contributed by atoms with E-state index in [1.165, 1.54) is 5.56 Å². The minimum atomic E-state index is 0.0326. The normalized spacial score (nSPS) is 15.6. The predicted octanol–water partition coefficient (Wildman–Crippen LogP) is 2.30. The van der Waals surface area contributed by atoms with Gasteiger partial charge in [-0.05, 0) is 44.5 Å². The number of anilines is 1. The van der Waals surface area contributed by atoms with Crippen LogP contribution >= 0.6 is 0 Å². The van der Waals surface area contributed by atoms with Gasteiger partial charge in [0.05, 0.1) is 30.0 Å². The first-order valence-electron chi connectivity index (χ1n) is 9.98. The van der Waals surface area contributed by atoms with Gasteiger partial charge >= 0.3 is 0 Å². The van der Waals surface area contributed by atoms with Crippen LogP contribution in [0.2, 0.25) is 0 Å². The van der Waals surface area contributed by atoms with Crippen LogP contribution in [0.4, 0.5) is 5.69 Å². The van der Waals surface area contributed by atoms with E-state index in [9.17, 15) is 4.79 Å². The monoisotopic (exact) mass is 380 g/mol. The molecule has 0 bridgehead atoms. The van der Waals surface area contributed by atoms with Gasteiger partial charge in [-0.25, -0.2) is 4.98 Å². The topological polar surface area (TPSA) is 59.2 Å². The van der Waals surface area contributed by atoms with Gasteiger partial charge in [0.2, 0.25) is 0 Å². The van der Waals surface area contributed by atoms with Crippen molar-refractivity contribution in [3.8, 4) is 0 Å². The molecule has 1 saturated heterocycles. The number of piperazine rings is 1. The van der Waals surface area contributed by atoms with E-state index in [0.717, 1.165) is 50.5 Å². The molecule has 3 heterocycles. The predicted molar refractivity (Wildman–Crippen MR) is 112 cm³/mol. The summed E-state index contributed by atoms with van der Waals surface area (Å²) in [5.41, 5.74) is 3.15. The Morgan fingerprint density at radius 3 is 2.57 bits per heavy atom. The molecule has 7 nitrogen and oxygen atoms in total. The summed E-state index contributed by atoms with van der Waals surface area (Å²) in [4.78, 5) is 22.0. The number of benzene rings is 1. The van der Waals surface area contributed by atoms with Gasteiger partial charge in [0.1, 0.15) is 0 Å². The SMILES string of the molecule is Cc1cnn(CCN2CCN(c3ccc4c(=O)n(C(C)C)cnc4c3)CC2)c1. The van der Waals surface area contributed by atoms with E-state index in [1.54, 1.807) is 10.9 Å². The third kappa shape index (κ3) is 3.80. The van der Waals surface area contributed by atoms with Gasteiger partial charge in [-0.15, -0.1) is 0 Å². The zero-order valence-electron chi connectivity index (χ0n) is 16.9. The van der Waals surface area contributed by atoms with E-state index in [4.69, 9.17) is 0 Å². The molecule has 0 saturated carbocycles.